The van der Waals surface area contributed by atoms with Crippen molar-refractivity contribution in [1.29, 1.82) is 0 Å². The molecule has 0 heterocycles. The zero-order valence-corrected chi connectivity index (χ0v) is 11.6. The summed E-state index contributed by atoms with van der Waals surface area (Å²) in [5, 5.41) is -0.461. The Morgan fingerprint density at radius 3 is 2.61 bits per heavy atom. The number of halogens is 1. The Labute approximate surface area is 107 Å². The van der Waals surface area contributed by atoms with Crippen LogP contribution in [0.1, 0.15) is 13.8 Å². The number of hydrogen-bond donors (Lipinski definition) is 0. The molecule has 6 heteroatoms. The minimum absolute atomic E-state index is 0.186. The van der Waals surface area contributed by atoms with Crippen molar-refractivity contribution >= 4 is 10.0 Å². The maximum Gasteiger partial charge on any atom is 0.216 e. The van der Waals surface area contributed by atoms with Gasteiger partial charge in [0.05, 0.1) is 5.25 Å². The summed E-state index contributed by atoms with van der Waals surface area (Å²) in [6, 6.07) is 5.75. The Bertz CT molecular complexity index is 488. The van der Waals surface area contributed by atoms with Gasteiger partial charge in [-0.05, 0) is 26.0 Å². The molecule has 0 bridgehead atoms. The summed E-state index contributed by atoms with van der Waals surface area (Å²) < 4.78 is 42.9. The predicted molar refractivity (Wildman–Crippen MR) is 68.6 cm³/mol. The van der Waals surface area contributed by atoms with Crippen LogP contribution in [0, 0.1) is 5.82 Å². The largest absolute Gasteiger partial charge is 0.492 e. The highest BCUT2D eigenvalue weighted by Crippen LogP contribution is 2.12. The summed E-state index contributed by atoms with van der Waals surface area (Å²) in [4.78, 5) is 0. The molecule has 0 saturated carbocycles. The van der Waals surface area contributed by atoms with Crippen LogP contribution in [0.15, 0.2) is 24.3 Å². The molecule has 0 unspecified atom stereocenters. The van der Waals surface area contributed by atoms with Gasteiger partial charge >= 0.3 is 0 Å². The lowest BCUT2D eigenvalue weighted by atomic mass is 10.3. The minimum Gasteiger partial charge on any atom is -0.492 e. The van der Waals surface area contributed by atoms with E-state index in [0.717, 1.165) is 0 Å². The van der Waals surface area contributed by atoms with E-state index in [0.29, 0.717) is 5.75 Å². The molecule has 1 aromatic rings. The van der Waals surface area contributed by atoms with Gasteiger partial charge in [-0.2, -0.15) is 0 Å². The van der Waals surface area contributed by atoms with E-state index in [-0.39, 0.29) is 19.0 Å². The van der Waals surface area contributed by atoms with E-state index in [1.165, 1.54) is 23.5 Å². The number of benzene rings is 1. The zero-order valence-electron chi connectivity index (χ0n) is 10.8. The molecule has 0 aromatic heterocycles. The van der Waals surface area contributed by atoms with E-state index in [1.54, 1.807) is 26.0 Å². The normalized spacial score (nSPS) is 12.1. The van der Waals surface area contributed by atoms with E-state index < -0.39 is 15.3 Å². The molecular weight excluding hydrogens is 257 g/mol. The monoisotopic (exact) mass is 275 g/mol. The molecule has 0 N–H and O–H groups in total. The molecule has 0 saturated heterocycles. The van der Waals surface area contributed by atoms with E-state index in [2.05, 4.69) is 0 Å². The summed E-state index contributed by atoms with van der Waals surface area (Å²) in [7, 11) is -1.76. The highest BCUT2D eigenvalue weighted by Gasteiger charge is 2.21. The van der Waals surface area contributed by atoms with Gasteiger partial charge < -0.3 is 4.74 Å². The van der Waals surface area contributed by atoms with Gasteiger partial charge in [0.25, 0.3) is 0 Å². The van der Waals surface area contributed by atoms with Gasteiger partial charge in [0.15, 0.2) is 0 Å². The molecule has 0 fully saturated rings. The van der Waals surface area contributed by atoms with E-state index >= 15 is 0 Å². The SMILES string of the molecule is CC(C)S(=O)(=O)N(C)CCOc1cccc(F)c1. The summed E-state index contributed by atoms with van der Waals surface area (Å²) >= 11 is 0. The van der Waals surface area contributed by atoms with Crippen LogP contribution in [0.25, 0.3) is 0 Å². The molecular formula is C12H18FNO3S. The van der Waals surface area contributed by atoms with Crippen molar-refractivity contribution in [2.75, 3.05) is 20.2 Å². The van der Waals surface area contributed by atoms with Crippen molar-refractivity contribution in [3.05, 3.63) is 30.1 Å². The molecule has 4 nitrogen and oxygen atoms in total. The van der Waals surface area contributed by atoms with Gasteiger partial charge in [-0.3, -0.25) is 0 Å². The van der Waals surface area contributed by atoms with Crippen LogP contribution in [-0.4, -0.2) is 38.2 Å². The summed E-state index contributed by atoms with van der Waals surface area (Å²) in [5.41, 5.74) is 0. The van der Waals surface area contributed by atoms with Crippen LogP contribution in [0.5, 0.6) is 5.75 Å². The van der Waals surface area contributed by atoms with Gasteiger partial charge in [0.2, 0.25) is 10.0 Å². The number of hydrogen-bond acceptors (Lipinski definition) is 3. The van der Waals surface area contributed by atoms with Crippen LogP contribution in [0.3, 0.4) is 0 Å². The second-order valence-corrected chi connectivity index (χ2v) is 6.82. The molecule has 1 rings (SSSR count). The van der Waals surface area contributed by atoms with E-state index in [9.17, 15) is 12.8 Å². The fourth-order valence-electron chi connectivity index (χ4n) is 1.34. The first-order valence-corrected chi connectivity index (χ1v) is 7.18. The quantitative estimate of drug-likeness (QED) is 0.796. The Kier molecular flexibility index (Phi) is 5.10. The van der Waals surface area contributed by atoms with E-state index in [4.69, 9.17) is 4.74 Å². The molecule has 0 aliphatic rings. The second-order valence-electron chi connectivity index (χ2n) is 4.22. The van der Waals surface area contributed by atoms with Crippen molar-refractivity contribution in [1.82, 2.24) is 4.31 Å². The molecule has 18 heavy (non-hydrogen) atoms. The van der Waals surface area contributed by atoms with Gasteiger partial charge in [0, 0.05) is 19.7 Å². The Hall–Kier alpha value is -1.14. The average Bonchev–Trinajstić information content (AvgIpc) is 2.28. The molecule has 1 aromatic carbocycles. The molecule has 102 valence electrons. The zero-order chi connectivity index (χ0) is 13.8. The summed E-state index contributed by atoms with van der Waals surface area (Å²) in [5.74, 6) is 0.0148. The van der Waals surface area contributed by atoms with Crippen LogP contribution in [0.4, 0.5) is 4.39 Å². The first kappa shape index (κ1) is 14.9. The molecule has 0 amide bonds. The topological polar surface area (TPSA) is 46.6 Å². The lowest BCUT2D eigenvalue weighted by Crippen LogP contribution is -2.35. The molecule has 0 aliphatic heterocycles. The highest BCUT2D eigenvalue weighted by atomic mass is 32.2. The predicted octanol–water partition coefficient (Wildman–Crippen LogP) is 1.87. The Morgan fingerprint density at radius 1 is 1.39 bits per heavy atom. The first-order valence-electron chi connectivity index (χ1n) is 5.67. The van der Waals surface area contributed by atoms with Gasteiger partial charge in [-0.15, -0.1) is 0 Å². The van der Waals surface area contributed by atoms with Crippen LogP contribution in [0.2, 0.25) is 0 Å². The minimum atomic E-state index is -3.26. The molecule has 0 aliphatic carbocycles. The number of ether oxygens (including phenoxy) is 1. The Balaban J connectivity index is 2.48. The van der Waals surface area contributed by atoms with Gasteiger partial charge in [0.1, 0.15) is 18.2 Å². The standard InChI is InChI=1S/C12H18FNO3S/c1-10(2)18(15,16)14(3)7-8-17-12-6-4-5-11(13)9-12/h4-6,9-10H,7-8H2,1-3H3. The van der Waals surface area contributed by atoms with Crippen LogP contribution < -0.4 is 4.74 Å². The molecule has 0 spiro atoms. The fourth-order valence-corrected chi connectivity index (χ4v) is 2.38. The number of rotatable bonds is 6. The van der Waals surface area contributed by atoms with E-state index in [1.807, 2.05) is 0 Å². The third kappa shape index (κ3) is 3.96. The molecule has 0 radical (unpaired) electrons. The fraction of sp³-hybridized carbons (Fsp3) is 0.500. The lowest BCUT2D eigenvalue weighted by molar-refractivity contribution is 0.285. The van der Waals surface area contributed by atoms with Gasteiger partial charge in [-0.1, -0.05) is 6.07 Å². The number of nitrogens with zero attached hydrogens (tertiary/aromatic N) is 1. The van der Waals surface area contributed by atoms with Crippen molar-refractivity contribution in [2.24, 2.45) is 0 Å². The summed E-state index contributed by atoms with van der Waals surface area (Å²) in [6.07, 6.45) is 0. The van der Waals surface area contributed by atoms with Crippen molar-refractivity contribution in [3.63, 3.8) is 0 Å². The maximum atomic E-state index is 12.9. The third-order valence-corrected chi connectivity index (χ3v) is 4.74. The third-order valence-electron chi connectivity index (χ3n) is 2.50. The maximum absolute atomic E-state index is 12.9. The number of sulfonamides is 1. The Morgan fingerprint density at radius 2 is 2.06 bits per heavy atom. The van der Waals surface area contributed by atoms with Gasteiger partial charge in [-0.25, -0.2) is 17.1 Å². The number of likely N-dealkylation sites (N-methyl/N-ethyl adjacent to an activating group) is 1. The van der Waals surface area contributed by atoms with Crippen molar-refractivity contribution < 1.29 is 17.5 Å². The summed E-state index contributed by atoms with van der Waals surface area (Å²) in [6.45, 7) is 3.67. The first-order chi connectivity index (χ1) is 8.34. The molecule has 0 atom stereocenters. The van der Waals surface area contributed by atoms with Crippen LogP contribution >= 0.6 is 0 Å². The van der Waals surface area contributed by atoms with Crippen molar-refractivity contribution in [3.8, 4) is 5.75 Å². The lowest BCUT2D eigenvalue weighted by Gasteiger charge is -2.19. The average molecular weight is 275 g/mol. The second kappa shape index (κ2) is 6.15. The van der Waals surface area contributed by atoms with Crippen molar-refractivity contribution in [2.45, 2.75) is 19.1 Å². The smallest absolute Gasteiger partial charge is 0.216 e. The highest BCUT2D eigenvalue weighted by molar-refractivity contribution is 7.89. The van der Waals surface area contributed by atoms with Crippen LogP contribution in [-0.2, 0) is 10.0 Å².